The van der Waals surface area contributed by atoms with Gasteiger partial charge in [0.2, 0.25) is 5.75 Å². The third-order valence-corrected chi connectivity index (χ3v) is 5.25. The average molecular weight is 433 g/mol. The molecule has 162 valence electrons. The molecule has 8 heteroatoms. The van der Waals surface area contributed by atoms with E-state index in [2.05, 4.69) is 4.98 Å². The highest BCUT2D eigenvalue weighted by Gasteiger charge is 2.31. The number of ether oxygens (including phenoxy) is 1. The van der Waals surface area contributed by atoms with Crippen molar-refractivity contribution >= 4 is 16.9 Å². The van der Waals surface area contributed by atoms with Gasteiger partial charge in [-0.1, -0.05) is 30.3 Å². The van der Waals surface area contributed by atoms with Crippen LogP contribution in [0.2, 0.25) is 0 Å². The molecule has 0 amide bonds. The van der Waals surface area contributed by atoms with Crippen LogP contribution in [0.15, 0.2) is 70.1 Å². The summed E-state index contributed by atoms with van der Waals surface area (Å²) in [5, 5.41) is 31.3. The number of carbonyl (C=O) groups excluding carboxylic acids is 1. The monoisotopic (exact) mass is 433 g/mol. The van der Waals surface area contributed by atoms with Crippen molar-refractivity contribution in [1.29, 1.82) is 0 Å². The normalized spacial score (nSPS) is 11.9. The number of nitrogens with zero attached hydrogens (tertiary/aromatic N) is 1. The second kappa shape index (κ2) is 8.43. The summed E-state index contributed by atoms with van der Waals surface area (Å²) in [6, 6.07) is 13.3. The highest BCUT2D eigenvalue weighted by atomic mass is 16.5. The Labute approximate surface area is 182 Å². The molecule has 0 bridgehead atoms. The van der Waals surface area contributed by atoms with Crippen LogP contribution in [0.1, 0.15) is 23.5 Å². The molecule has 0 aliphatic heterocycles. The molecule has 3 N–H and O–H groups in total. The second-order valence-corrected chi connectivity index (χ2v) is 7.12. The number of pyridine rings is 1. The quantitative estimate of drug-likeness (QED) is 0.321. The summed E-state index contributed by atoms with van der Waals surface area (Å²) in [6.45, 7) is 0. The highest BCUT2D eigenvalue weighted by molar-refractivity contribution is 5.93. The number of hydrogen-bond donors (Lipinski definition) is 3. The average Bonchev–Trinajstić information content (AvgIpc) is 2.82. The van der Waals surface area contributed by atoms with Crippen LogP contribution < -0.4 is 5.43 Å². The number of hydrogen-bond acceptors (Lipinski definition) is 8. The molecule has 0 fully saturated rings. The fourth-order valence-corrected chi connectivity index (χ4v) is 3.67. The maximum atomic E-state index is 12.9. The first-order valence-electron chi connectivity index (χ1n) is 9.69. The molecule has 1 atom stereocenters. The molecule has 2 heterocycles. The van der Waals surface area contributed by atoms with E-state index < -0.39 is 34.6 Å². The summed E-state index contributed by atoms with van der Waals surface area (Å²) in [5.41, 5.74) is 0.361. The molecule has 0 saturated heterocycles. The van der Waals surface area contributed by atoms with Gasteiger partial charge in [0, 0.05) is 35.5 Å². The summed E-state index contributed by atoms with van der Waals surface area (Å²) in [5.74, 6) is -3.64. The van der Waals surface area contributed by atoms with E-state index in [1.165, 1.54) is 25.6 Å². The molecule has 0 saturated carbocycles. The number of aromatic nitrogens is 1. The van der Waals surface area contributed by atoms with E-state index in [1.807, 2.05) is 0 Å². The van der Waals surface area contributed by atoms with Crippen LogP contribution in [0.5, 0.6) is 17.2 Å². The third-order valence-electron chi connectivity index (χ3n) is 5.25. The van der Waals surface area contributed by atoms with Crippen molar-refractivity contribution in [3.05, 3.63) is 82.3 Å². The number of carbonyl (C=O) groups is 1. The molecule has 8 nitrogen and oxygen atoms in total. The highest BCUT2D eigenvalue weighted by Crippen LogP contribution is 2.49. The van der Waals surface area contributed by atoms with Crippen LogP contribution in [0, 0.1) is 0 Å². The zero-order valence-corrected chi connectivity index (χ0v) is 17.0. The summed E-state index contributed by atoms with van der Waals surface area (Å²) >= 11 is 0. The maximum absolute atomic E-state index is 12.9. The Kier molecular flexibility index (Phi) is 5.51. The first-order chi connectivity index (χ1) is 15.4. The molecule has 0 aliphatic rings. The van der Waals surface area contributed by atoms with Gasteiger partial charge in [0.1, 0.15) is 16.7 Å². The van der Waals surface area contributed by atoms with E-state index in [1.54, 1.807) is 42.5 Å². The summed E-state index contributed by atoms with van der Waals surface area (Å²) in [4.78, 5) is 29.1. The Balaban J connectivity index is 2.09. The minimum absolute atomic E-state index is 0.0261. The summed E-state index contributed by atoms with van der Waals surface area (Å²) in [7, 11) is 1.23. The van der Waals surface area contributed by atoms with Crippen molar-refractivity contribution in [2.75, 3.05) is 7.11 Å². The molecule has 0 spiro atoms. The lowest BCUT2D eigenvalue weighted by Gasteiger charge is -2.20. The Bertz CT molecular complexity index is 1350. The summed E-state index contributed by atoms with van der Waals surface area (Å²) < 4.78 is 10.8. The number of methoxy groups -OCH3 is 1. The predicted molar refractivity (Wildman–Crippen MR) is 116 cm³/mol. The van der Waals surface area contributed by atoms with Crippen molar-refractivity contribution in [3.8, 4) is 28.6 Å². The lowest BCUT2D eigenvalue weighted by Crippen LogP contribution is -2.12. The van der Waals surface area contributed by atoms with E-state index in [0.29, 0.717) is 11.1 Å². The lowest BCUT2D eigenvalue weighted by molar-refractivity contribution is -0.140. The van der Waals surface area contributed by atoms with Gasteiger partial charge >= 0.3 is 5.97 Å². The molecule has 32 heavy (non-hydrogen) atoms. The van der Waals surface area contributed by atoms with Gasteiger partial charge in [0.15, 0.2) is 16.9 Å². The first-order valence-corrected chi connectivity index (χ1v) is 9.69. The molecule has 2 aromatic heterocycles. The van der Waals surface area contributed by atoms with E-state index in [4.69, 9.17) is 9.15 Å². The van der Waals surface area contributed by atoms with Gasteiger partial charge < -0.3 is 24.5 Å². The van der Waals surface area contributed by atoms with Gasteiger partial charge in [-0.3, -0.25) is 14.6 Å². The fourth-order valence-electron chi connectivity index (χ4n) is 3.67. The van der Waals surface area contributed by atoms with E-state index in [9.17, 15) is 24.9 Å². The molecule has 2 aromatic carbocycles. The molecular formula is C24H19NO7. The minimum atomic E-state index is -0.879. The van der Waals surface area contributed by atoms with Crippen molar-refractivity contribution in [2.45, 2.75) is 12.3 Å². The molecular weight excluding hydrogens is 414 g/mol. The first kappa shape index (κ1) is 20.9. The molecule has 1 unspecified atom stereocenters. The van der Waals surface area contributed by atoms with Crippen LogP contribution in [0.3, 0.4) is 0 Å². The minimum Gasteiger partial charge on any atom is -0.504 e. The number of benzene rings is 2. The van der Waals surface area contributed by atoms with Gasteiger partial charge in [0.05, 0.1) is 13.5 Å². The predicted octanol–water partition coefficient (Wildman–Crippen LogP) is 3.67. The molecule has 0 aliphatic carbocycles. The number of esters is 1. The number of aromatic hydroxyl groups is 3. The summed E-state index contributed by atoms with van der Waals surface area (Å²) in [6.07, 6.45) is 2.78. The van der Waals surface area contributed by atoms with Crippen molar-refractivity contribution in [2.24, 2.45) is 0 Å². The Hall–Kier alpha value is -4.33. The number of phenols is 3. The maximum Gasteiger partial charge on any atom is 0.306 e. The van der Waals surface area contributed by atoms with Crippen LogP contribution in [0.25, 0.3) is 22.3 Å². The standard InChI is InChI=1S/C24H19NO7/c1-31-18(27)11-15(13-7-9-25-10-8-13)19-21(28)23(30)22(29)20-16(26)12-17(32-24(19)20)14-5-3-2-4-6-14/h2-10,12,15,28-30H,11H2,1H3. The Morgan fingerprint density at radius 3 is 2.38 bits per heavy atom. The third kappa shape index (κ3) is 3.62. The van der Waals surface area contributed by atoms with Crippen LogP contribution in [0.4, 0.5) is 0 Å². The number of rotatable bonds is 5. The topological polar surface area (TPSA) is 130 Å². The van der Waals surface area contributed by atoms with Gasteiger partial charge in [-0.15, -0.1) is 0 Å². The SMILES string of the molecule is COC(=O)CC(c1ccncc1)c1c(O)c(O)c(O)c2c(=O)cc(-c3ccccc3)oc12. The van der Waals surface area contributed by atoms with Crippen LogP contribution in [-0.2, 0) is 9.53 Å². The van der Waals surface area contributed by atoms with Gasteiger partial charge in [-0.25, -0.2) is 0 Å². The zero-order valence-electron chi connectivity index (χ0n) is 17.0. The Morgan fingerprint density at radius 2 is 1.72 bits per heavy atom. The lowest BCUT2D eigenvalue weighted by atomic mass is 9.86. The molecule has 4 rings (SSSR count). The van der Waals surface area contributed by atoms with Gasteiger partial charge in [-0.05, 0) is 17.7 Å². The largest absolute Gasteiger partial charge is 0.504 e. The Morgan fingerprint density at radius 1 is 1.03 bits per heavy atom. The fraction of sp³-hybridized carbons (Fsp3) is 0.125. The smallest absolute Gasteiger partial charge is 0.306 e. The van der Waals surface area contributed by atoms with Crippen LogP contribution in [-0.4, -0.2) is 33.4 Å². The van der Waals surface area contributed by atoms with Gasteiger partial charge in [0.25, 0.3) is 0 Å². The number of phenolic OH excluding ortho intramolecular Hbond substituents is 3. The van der Waals surface area contributed by atoms with E-state index >= 15 is 0 Å². The van der Waals surface area contributed by atoms with E-state index in [-0.39, 0.29) is 28.7 Å². The zero-order chi connectivity index (χ0) is 22.8. The van der Waals surface area contributed by atoms with Crippen molar-refractivity contribution < 1.29 is 29.3 Å². The van der Waals surface area contributed by atoms with Crippen molar-refractivity contribution in [3.63, 3.8) is 0 Å². The second-order valence-electron chi connectivity index (χ2n) is 7.12. The van der Waals surface area contributed by atoms with E-state index in [0.717, 1.165) is 0 Å². The van der Waals surface area contributed by atoms with Crippen LogP contribution >= 0.6 is 0 Å². The van der Waals surface area contributed by atoms with Gasteiger partial charge in [-0.2, -0.15) is 0 Å². The number of fused-ring (bicyclic) bond motifs is 1. The molecule has 4 aromatic rings. The van der Waals surface area contributed by atoms with Crippen molar-refractivity contribution in [1.82, 2.24) is 4.98 Å². The molecule has 0 radical (unpaired) electrons.